The Kier molecular flexibility index (Phi) is 5.22. The highest BCUT2D eigenvalue weighted by atomic mass is 32.1. The Bertz CT molecular complexity index is 283. The van der Waals surface area contributed by atoms with E-state index in [0.717, 1.165) is 24.5 Å². The van der Waals surface area contributed by atoms with Gasteiger partial charge in [-0.3, -0.25) is 0 Å². The highest BCUT2D eigenvalue weighted by Gasteiger charge is 2.06. The zero-order valence-corrected chi connectivity index (χ0v) is 10.6. The van der Waals surface area contributed by atoms with Crippen molar-refractivity contribution < 1.29 is 0 Å². The molecule has 0 saturated heterocycles. The zero-order chi connectivity index (χ0) is 11.3. The van der Waals surface area contributed by atoms with Gasteiger partial charge in [-0.25, -0.2) is 4.98 Å². The lowest BCUT2D eigenvalue weighted by Gasteiger charge is -2.15. The first-order valence-corrected chi connectivity index (χ1v) is 6.35. The van der Waals surface area contributed by atoms with Crippen LogP contribution in [0.3, 0.4) is 0 Å². The van der Waals surface area contributed by atoms with Gasteiger partial charge in [0.1, 0.15) is 0 Å². The predicted molar refractivity (Wildman–Crippen MR) is 66.2 cm³/mol. The topological polar surface area (TPSA) is 50.9 Å². The van der Waals surface area contributed by atoms with Crippen molar-refractivity contribution >= 4 is 11.3 Å². The molecule has 86 valence electrons. The number of nitrogens with zero attached hydrogens (tertiary/aromatic N) is 1. The molecule has 0 fully saturated rings. The van der Waals surface area contributed by atoms with Crippen LogP contribution in [-0.2, 0) is 6.42 Å². The lowest BCUT2D eigenvalue weighted by Crippen LogP contribution is -2.33. The summed E-state index contributed by atoms with van der Waals surface area (Å²) in [6.07, 6.45) is 1.01. The summed E-state index contributed by atoms with van der Waals surface area (Å²) in [7, 11) is 0. The van der Waals surface area contributed by atoms with Gasteiger partial charge in [0.25, 0.3) is 0 Å². The standard InChI is InChI=1S/C11H21N3S/c1-8(9(2)12)6-13-5-4-11-7-15-10(3)14-11/h7-9,13H,4-6,12H2,1-3H3. The van der Waals surface area contributed by atoms with Crippen molar-refractivity contribution in [3.8, 4) is 0 Å². The van der Waals surface area contributed by atoms with Gasteiger partial charge >= 0.3 is 0 Å². The van der Waals surface area contributed by atoms with Crippen molar-refractivity contribution in [2.75, 3.05) is 13.1 Å². The molecule has 3 nitrogen and oxygen atoms in total. The molecule has 0 radical (unpaired) electrons. The van der Waals surface area contributed by atoms with E-state index in [1.165, 1.54) is 5.69 Å². The average molecular weight is 227 g/mol. The Balaban J connectivity index is 2.12. The maximum atomic E-state index is 5.78. The molecule has 15 heavy (non-hydrogen) atoms. The van der Waals surface area contributed by atoms with E-state index in [1.807, 2.05) is 6.92 Å². The van der Waals surface area contributed by atoms with E-state index in [1.54, 1.807) is 11.3 Å². The van der Waals surface area contributed by atoms with Crippen LogP contribution in [-0.4, -0.2) is 24.1 Å². The molecule has 3 N–H and O–H groups in total. The van der Waals surface area contributed by atoms with Crippen molar-refractivity contribution in [1.29, 1.82) is 0 Å². The minimum atomic E-state index is 0.263. The second kappa shape index (κ2) is 6.20. The monoisotopic (exact) mass is 227 g/mol. The third-order valence-corrected chi connectivity index (χ3v) is 3.41. The van der Waals surface area contributed by atoms with E-state index in [9.17, 15) is 0 Å². The van der Waals surface area contributed by atoms with Crippen LogP contribution in [0.4, 0.5) is 0 Å². The van der Waals surface area contributed by atoms with E-state index in [0.29, 0.717) is 5.92 Å². The Morgan fingerprint density at radius 3 is 2.80 bits per heavy atom. The minimum Gasteiger partial charge on any atom is -0.328 e. The fraction of sp³-hybridized carbons (Fsp3) is 0.727. The summed E-state index contributed by atoms with van der Waals surface area (Å²) in [5, 5.41) is 6.69. The zero-order valence-electron chi connectivity index (χ0n) is 9.79. The van der Waals surface area contributed by atoms with Gasteiger partial charge in [0, 0.05) is 24.4 Å². The molecular formula is C11H21N3S. The molecule has 0 aliphatic rings. The van der Waals surface area contributed by atoms with E-state index in [-0.39, 0.29) is 6.04 Å². The molecule has 4 heteroatoms. The van der Waals surface area contributed by atoms with Gasteiger partial charge in [0.15, 0.2) is 0 Å². The van der Waals surface area contributed by atoms with E-state index in [4.69, 9.17) is 5.73 Å². The summed E-state index contributed by atoms with van der Waals surface area (Å²) in [6, 6.07) is 0.263. The normalized spacial score (nSPS) is 15.2. The summed E-state index contributed by atoms with van der Waals surface area (Å²) in [4.78, 5) is 4.42. The number of nitrogens with one attached hydrogen (secondary N) is 1. The van der Waals surface area contributed by atoms with Gasteiger partial charge in [-0.15, -0.1) is 11.3 Å². The quantitative estimate of drug-likeness (QED) is 0.725. The van der Waals surface area contributed by atoms with E-state index >= 15 is 0 Å². The number of hydrogen-bond acceptors (Lipinski definition) is 4. The van der Waals surface area contributed by atoms with E-state index < -0.39 is 0 Å². The molecule has 2 unspecified atom stereocenters. The first-order valence-electron chi connectivity index (χ1n) is 5.47. The Morgan fingerprint density at radius 2 is 2.27 bits per heavy atom. The summed E-state index contributed by atoms with van der Waals surface area (Å²) in [5.41, 5.74) is 6.97. The summed E-state index contributed by atoms with van der Waals surface area (Å²) in [6.45, 7) is 8.24. The largest absolute Gasteiger partial charge is 0.328 e. The molecule has 0 aliphatic carbocycles. The van der Waals surface area contributed by atoms with Crippen molar-refractivity contribution in [1.82, 2.24) is 10.3 Å². The second-order valence-electron chi connectivity index (χ2n) is 4.15. The molecule has 0 amide bonds. The van der Waals surface area contributed by atoms with Crippen LogP contribution in [0.15, 0.2) is 5.38 Å². The number of hydrogen-bond donors (Lipinski definition) is 2. The molecule has 0 aliphatic heterocycles. The van der Waals surface area contributed by atoms with Crippen molar-refractivity contribution in [3.63, 3.8) is 0 Å². The Labute approximate surface area is 96.1 Å². The van der Waals surface area contributed by atoms with Crippen LogP contribution in [0, 0.1) is 12.8 Å². The average Bonchev–Trinajstić information content (AvgIpc) is 2.58. The molecule has 0 spiro atoms. The van der Waals surface area contributed by atoms with Crippen molar-refractivity contribution in [2.45, 2.75) is 33.2 Å². The predicted octanol–water partition coefficient (Wildman–Crippen LogP) is 1.57. The third-order valence-electron chi connectivity index (χ3n) is 2.59. The van der Waals surface area contributed by atoms with Crippen LogP contribution >= 0.6 is 11.3 Å². The van der Waals surface area contributed by atoms with Gasteiger partial charge in [-0.1, -0.05) is 6.92 Å². The molecule has 1 aromatic heterocycles. The van der Waals surface area contributed by atoms with Crippen LogP contribution in [0.2, 0.25) is 0 Å². The van der Waals surface area contributed by atoms with Gasteiger partial charge in [0.05, 0.1) is 10.7 Å². The Morgan fingerprint density at radius 1 is 1.53 bits per heavy atom. The van der Waals surface area contributed by atoms with Gasteiger partial charge in [-0.05, 0) is 26.3 Å². The molecule has 0 aromatic carbocycles. The third kappa shape index (κ3) is 4.73. The molecule has 1 heterocycles. The molecular weight excluding hydrogens is 206 g/mol. The van der Waals surface area contributed by atoms with Gasteiger partial charge in [-0.2, -0.15) is 0 Å². The van der Waals surface area contributed by atoms with Gasteiger partial charge < -0.3 is 11.1 Å². The molecule has 0 saturated carbocycles. The highest BCUT2D eigenvalue weighted by molar-refractivity contribution is 7.09. The fourth-order valence-corrected chi connectivity index (χ4v) is 1.90. The minimum absolute atomic E-state index is 0.263. The second-order valence-corrected chi connectivity index (χ2v) is 5.21. The molecule has 1 rings (SSSR count). The maximum Gasteiger partial charge on any atom is 0.0897 e. The Hall–Kier alpha value is -0.450. The van der Waals surface area contributed by atoms with Crippen LogP contribution in [0.1, 0.15) is 24.5 Å². The molecule has 1 aromatic rings. The fourth-order valence-electron chi connectivity index (χ4n) is 1.26. The number of rotatable bonds is 6. The maximum absolute atomic E-state index is 5.78. The summed E-state index contributed by atoms with van der Waals surface area (Å²) < 4.78 is 0. The summed E-state index contributed by atoms with van der Waals surface area (Å²) >= 11 is 1.71. The molecule has 2 atom stereocenters. The lowest BCUT2D eigenvalue weighted by atomic mass is 10.1. The van der Waals surface area contributed by atoms with Crippen LogP contribution < -0.4 is 11.1 Å². The van der Waals surface area contributed by atoms with Gasteiger partial charge in [0.2, 0.25) is 0 Å². The van der Waals surface area contributed by atoms with Crippen LogP contribution in [0.25, 0.3) is 0 Å². The smallest absolute Gasteiger partial charge is 0.0897 e. The van der Waals surface area contributed by atoms with Crippen molar-refractivity contribution in [3.05, 3.63) is 16.1 Å². The number of aryl methyl sites for hydroxylation is 1. The van der Waals surface area contributed by atoms with Crippen molar-refractivity contribution in [2.24, 2.45) is 11.7 Å². The number of thiazole rings is 1. The van der Waals surface area contributed by atoms with Crippen LogP contribution in [0.5, 0.6) is 0 Å². The first-order chi connectivity index (χ1) is 7.09. The SMILES string of the molecule is Cc1nc(CCNCC(C)C(C)N)cs1. The highest BCUT2D eigenvalue weighted by Crippen LogP contribution is 2.07. The molecule has 0 bridgehead atoms. The number of aromatic nitrogens is 1. The summed E-state index contributed by atoms with van der Waals surface area (Å²) in [5.74, 6) is 0.530. The lowest BCUT2D eigenvalue weighted by molar-refractivity contribution is 0.447. The number of nitrogens with two attached hydrogens (primary N) is 1. The van der Waals surface area contributed by atoms with E-state index in [2.05, 4.69) is 29.5 Å². The first kappa shape index (κ1) is 12.6.